The van der Waals surface area contributed by atoms with Crippen LogP contribution in [-0.2, 0) is 5.54 Å². The Morgan fingerprint density at radius 3 is 2.88 bits per heavy atom. The van der Waals surface area contributed by atoms with Gasteiger partial charge in [0.25, 0.3) is 0 Å². The molecule has 1 aromatic heterocycles. The summed E-state index contributed by atoms with van der Waals surface area (Å²) in [4.78, 5) is 5.47. The minimum Gasteiger partial charge on any atom is -0.307 e. The van der Waals surface area contributed by atoms with E-state index in [1.807, 2.05) is 0 Å². The number of thiophene rings is 1. The van der Waals surface area contributed by atoms with E-state index in [4.69, 9.17) is 0 Å². The molecule has 0 spiro atoms. The van der Waals surface area contributed by atoms with Gasteiger partial charge in [-0.3, -0.25) is 0 Å². The zero-order chi connectivity index (χ0) is 12.1. The Labute approximate surface area is 112 Å². The van der Waals surface area contributed by atoms with E-state index in [1.54, 1.807) is 11.3 Å². The molecule has 17 heavy (non-hydrogen) atoms. The van der Waals surface area contributed by atoms with Crippen molar-refractivity contribution in [1.82, 2.24) is 5.32 Å². The molecule has 0 aromatic carbocycles. The van der Waals surface area contributed by atoms with Gasteiger partial charge in [0.1, 0.15) is 0 Å². The van der Waals surface area contributed by atoms with Crippen molar-refractivity contribution in [2.45, 2.75) is 44.6 Å². The molecule has 2 nitrogen and oxygen atoms in total. The molecular formula is C13H18N2S2. The van der Waals surface area contributed by atoms with Crippen LogP contribution in [-0.4, -0.2) is 11.7 Å². The SMILES string of the molecule is CCNC1(c2cc(N=C=S)cs2)CCCCC1. The highest BCUT2D eigenvalue weighted by molar-refractivity contribution is 7.78. The Balaban J connectivity index is 2.27. The largest absolute Gasteiger partial charge is 0.307 e. The van der Waals surface area contributed by atoms with Crippen LogP contribution < -0.4 is 5.32 Å². The fourth-order valence-corrected chi connectivity index (χ4v) is 3.86. The molecular weight excluding hydrogens is 248 g/mol. The van der Waals surface area contributed by atoms with E-state index in [0.29, 0.717) is 0 Å². The van der Waals surface area contributed by atoms with Crippen molar-refractivity contribution in [1.29, 1.82) is 0 Å². The summed E-state index contributed by atoms with van der Waals surface area (Å²) in [6, 6.07) is 2.16. The molecule has 92 valence electrons. The Morgan fingerprint density at radius 2 is 2.24 bits per heavy atom. The van der Waals surface area contributed by atoms with Crippen LogP contribution in [0, 0.1) is 0 Å². The lowest BCUT2D eigenvalue weighted by Gasteiger charge is -2.37. The fourth-order valence-electron chi connectivity index (χ4n) is 2.69. The molecule has 1 saturated carbocycles. The number of hydrogen-bond donors (Lipinski definition) is 1. The summed E-state index contributed by atoms with van der Waals surface area (Å²) in [6.07, 6.45) is 6.47. The van der Waals surface area contributed by atoms with Crippen LogP contribution in [0.25, 0.3) is 0 Å². The molecule has 0 radical (unpaired) electrons. The number of thiocarbonyl (C=S) groups is 1. The van der Waals surface area contributed by atoms with Crippen LogP contribution in [0.3, 0.4) is 0 Å². The Morgan fingerprint density at radius 1 is 1.47 bits per heavy atom. The summed E-state index contributed by atoms with van der Waals surface area (Å²) < 4.78 is 0. The predicted molar refractivity (Wildman–Crippen MR) is 77.4 cm³/mol. The number of aliphatic imine (C=N–C) groups is 1. The molecule has 1 aliphatic rings. The number of rotatable bonds is 4. The number of isothiocyanates is 1. The molecule has 0 atom stereocenters. The van der Waals surface area contributed by atoms with Crippen LogP contribution in [0.1, 0.15) is 43.9 Å². The second kappa shape index (κ2) is 5.87. The highest BCUT2D eigenvalue weighted by Crippen LogP contribution is 2.41. The van der Waals surface area contributed by atoms with Crippen LogP contribution in [0.5, 0.6) is 0 Å². The minimum absolute atomic E-state index is 0.187. The van der Waals surface area contributed by atoms with Gasteiger partial charge in [-0.15, -0.1) is 11.3 Å². The third-order valence-corrected chi connectivity index (χ3v) is 4.67. The third kappa shape index (κ3) is 2.83. The van der Waals surface area contributed by atoms with Crippen molar-refractivity contribution >= 4 is 34.4 Å². The standard InChI is InChI=1S/C13H18N2S2/c1-2-15-13(6-4-3-5-7-13)12-8-11(9-17-12)14-10-16/h8-9,15H,2-7H2,1H3. The highest BCUT2D eigenvalue weighted by Gasteiger charge is 2.34. The maximum absolute atomic E-state index is 4.65. The maximum Gasteiger partial charge on any atom is 0.0849 e. The van der Waals surface area contributed by atoms with Gasteiger partial charge in [-0.05, 0) is 37.7 Å². The number of nitrogens with zero attached hydrogens (tertiary/aromatic N) is 1. The molecule has 1 fully saturated rings. The molecule has 2 rings (SSSR count). The Hall–Kier alpha value is -0.540. The summed E-state index contributed by atoms with van der Waals surface area (Å²) in [5.74, 6) is 0. The molecule has 0 amide bonds. The monoisotopic (exact) mass is 266 g/mol. The first-order valence-corrected chi connectivity index (χ1v) is 7.51. The smallest absolute Gasteiger partial charge is 0.0849 e. The normalized spacial score (nSPS) is 18.6. The average molecular weight is 266 g/mol. The van der Waals surface area contributed by atoms with Gasteiger partial charge in [-0.1, -0.05) is 26.2 Å². The molecule has 1 heterocycles. The lowest BCUT2D eigenvalue weighted by molar-refractivity contribution is 0.243. The van der Waals surface area contributed by atoms with Crippen molar-refractivity contribution in [3.63, 3.8) is 0 Å². The molecule has 0 aliphatic heterocycles. The van der Waals surface area contributed by atoms with Gasteiger partial charge in [-0.2, -0.15) is 4.99 Å². The van der Waals surface area contributed by atoms with Gasteiger partial charge in [0.15, 0.2) is 0 Å². The fraction of sp³-hybridized carbons (Fsp3) is 0.615. The van der Waals surface area contributed by atoms with E-state index < -0.39 is 0 Å². The van der Waals surface area contributed by atoms with E-state index in [2.05, 4.69) is 46.1 Å². The first-order valence-electron chi connectivity index (χ1n) is 6.22. The Kier molecular flexibility index (Phi) is 4.46. The minimum atomic E-state index is 0.187. The average Bonchev–Trinajstić information content (AvgIpc) is 2.80. The van der Waals surface area contributed by atoms with Crippen LogP contribution in [0.15, 0.2) is 16.4 Å². The van der Waals surface area contributed by atoms with Gasteiger partial charge in [0, 0.05) is 10.3 Å². The van der Waals surface area contributed by atoms with Gasteiger partial charge in [-0.25, -0.2) is 0 Å². The van der Waals surface area contributed by atoms with Gasteiger partial charge >= 0.3 is 0 Å². The van der Waals surface area contributed by atoms with Crippen LogP contribution in [0.2, 0.25) is 0 Å². The summed E-state index contributed by atoms with van der Waals surface area (Å²) in [5, 5.41) is 8.20. The van der Waals surface area contributed by atoms with Crippen molar-refractivity contribution in [2.75, 3.05) is 6.54 Å². The molecule has 1 aliphatic carbocycles. The molecule has 1 N–H and O–H groups in total. The predicted octanol–water partition coefficient (Wildman–Crippen LogP) is 4.25. The first-order chi connectivity index (χ1) is 8.30. The van der Waals surface area contributed by atoms with Crippen molar-refractivity contribution in [3.05, 3.63) is 16.3 Å². The van der Waals surface area contributed by atoms with Crippen molar-refractivity contribution in [2.24, 2.45) is 4.99 Å². The molecule has 1 aromatic rings. The van der Waals surface area contributed by atoms with E-state index in [-0.39, 0.29) is 5.54 Å². The summed E-state index contributed by atoms with van der Waals surface area (Å²) in [5.41, 5.74) is 1.13. The van der Waals surface area contributed by atoms with Gasteiger partial charge in [0.05, 0.1) is 16.4 Å². The second-order valence-corrected chi connectivity index (χ2v) is 5.64. The molecule has 0 unspecified atom stereocenters. The van der Waals surface area contributed by atoms with Crippen molar-refractivity contribution in [3.8, 4) is 0 Å². The summed E-state index contributed by atoms with van der Waals surface area (Å²) in [6.45, 7) is 3.20. The third-order valence-electron chi connectivity index (χ3n) is 3.45. The lowest BCUT2D eigenvalue weighted by Crippen LogP contribution is -2.43. The van der Waals surface area contributed by atoms with E-state index in [0.717, 1.165) is 12.2 Å². The topological polar surface area (TPSA) is 24.4 Å². The van der Waals surface area contributed by atoms with E-state index in [1.165, 1.54) is 37.0 Å². The first kappa shape index (κ1) is 12.9. The second-order valence-electron chi connectivity index (χ2n) is 4.55. The summed E-state index contributed by atoms with van der Waals surface area (Å²) >= 11 is 6.44. The van der Waals surface area contributed by atoms with E-state index >= 15 is 0 Å². The maximum atomic E-state index is 4.65. The molecule has 4 heteroatoms. The van der Waals surface area contributed by atoms with Gasteiger partial charge < -0.3 is 5.32 Å². The van der Waals surface area contributed by atoms with Crippen molar-refractivity contribution < 1.29 is 0 Å². The molecule has 0 saturated heterocycles. The van der Waals surface area contributed by atoms with Crippen LogP contribution >= 0.6 is 23.6 Å². The highest BCUT2D eigenvalue weighted by atomic mass is 32.1. The van der Waals surface area contributed by atoms with E-state index in [9.17, 15) is 0 Å². The number of hydrogen-bond acceptors (Lipinski definition) is 4. The molecule has 0 bridgehead atoms. The van der Waals surface area contributed by atoms with Crippen LogP contribution in [0.4, 0.5) is 5.69 Å². The summed E-state index contributed by atoms with van der Waals surface area (Å²) in [7, 11) is 0. The zero-order valence-corrected chi connectivity index (χ0v) is 11.8. The lowest BCUT2D eigenvalue weighted by atomic mass is 9.80. The Bertz CT molecular complexity index is 407. The quantitative estimate of drug-likeness (QED) is 0.651. The van der Waals surface area contributed by atoms with Gasteiger partial charge in [0.2, 0.25) is 0 Å². The number of nitrogens with one attached hydrogen (secondary N) is 1. The zero-order valence-electron chi connectivity index (χ0n) is 10.2.